The van der Waals surface area contributed by atoms with E-state index in [4.69, 9.17) is 4.74 Å². The van der Waals surface area contributed by atoms with E-state index in [2.05, 4.69) is 24.1 Å². The predicted molar refractivity (Wildman–Crippen MR) is 66.7 cm³/mol. The molecule has 2 fully saturated rings. The molecule has 1 spiro atoms. The quantitative estimate of drug-likeness (QED) is 0.789. The van der Waals surface area contributed by atoms with Gasteiger partial charge >= 0.3 is 0 Å². The summed E-state index contributed by atoms with van der Waals surface area (Å²) < 4.78 is 5.38. The molecule has 2 heterocycles. The molecule has 94 valence electrons. The van der Waals surface area contributed by atoms with E-state index in [0.717, 1.165) is 6.61 Å². The molecule has 1 N–H and O–H groups in total. The third-order valence-electron chi connectivity index (χ3n) is 4.34. The molecular formula is C13H26N2O. The lowest BCUT2D eigenvalue weighted by Crippen LogP contribution is -2.41. The summed E-state index contributed by atoms with van der Waals surface area (Å²) in [5.41, 5.74) is 0.582. The van der Waals surface area contributed by atoms with Crippen LogP contribution in [-0.2, 0) is 4.74 Å². The average molecular weight is 226 g/mol. The maximum Gasteiger partial charge on any atom is 0.0618 e. The Kier molecular flexibility index (Phi) is 3.88. The maximum atomic E-state index is 5.38. The largest absolute Gasteiger partial charge is 0.383 e. The van der Waals surface area contributed by atoms with E-state index in [0.29, 0.717) is 17.5 Å². The van der Waals surface area contributed by atoms with Crippen LogP contribution in [0.4, 0.5) is 0 Å². The van der Waals surface area contributed by atoms with Crippen molar-refractivity contribution in [3.8, 4) is 0 Å². The second-order valence-electron chi connectivity index (χ2n) is 5.83. The van der Waals surface area contributed by atoms with Crippen LogP contribution in [0.3, 0.4) is 0 Å². The van der Waals surface area contributed by atoms with Gasteiger partial charge in [-0.15, -0.1) is 0 Å². The van der Waals surface area contributed by atoms with Crippen LogP contribution in [0.5, 0.6) is 0 Å². The summed E-state index contributed by atoms with van der Waals surface area (Å²) in [5, 5.41) is 3.48. The molecular weight excluding hydrogens is 200 g/mol. The summed E-state index contributed by atoms with van der Waals surface area (Å²) in [5.74, 6) is 0. The molecule has 3 nitrogen and oxygen atoms in total. The number of nitrogens with one attached hydrogen (secondary N) is 1. The molecule has 2 aliphatic rings. The van der Waals surface area contributed by atoms with Gasteiger partial charge in [0.15, 0.2) is 0 Å². The summed E-state index contributed by atoms with van der Waals surface area (Å²) in [7, 11) is 1.83. The Hall–Kier alpha value is -0.120. The highest BCUT2D eigenvalue weighted by Gasteiger charge is 2.44. The van der Waals surface area contributed by atoms with E-state index in [1.807, 2.05) is 7.11 Å². The van der Waals surface area contributed by atoms with Gasteiger partial charge in [-0.05, 0) is 51.6 Å². The van der Waals surface area contributed by atoms with Crippen LogP contribution >= 0.6 is 0 Å². The van der Waals surface area contributed by atoms with E-state index in [1.165, 1.54) is 38.9 Å². The van der Waals surface area contributed by atoms with Gasteiger partial charge in [-0.2, -0.15) is 0 Å². The van der Waals surface area contributed by atoms with Crippen molar-refractivity contribution < 1.29 is 4.74 Å². The van der Waals surface area contributed by atoms with Crippen molar-refractivity contribution >= 4 is 0 Å². The van der Waals surface area contributed by atoms with Gasteiger partial charge in [0.25, 0.3) is 0 Å². The van der Waals surface area contributed by atoms with Crippen molar-refractivity contribution in [2.75, 3.05) is 33.4 Å². The van der Waals surface area contributed by atoms with Crippen LogP contribution in [0.25, 0.3) is 0 Å². The van der Waals surface area contributed by atoms with Gasteiger partial charge in [0.05, 0.1) is 6.61 Å². The first-order valence-electron chi connectivity index (χ1n) is 6.62. The van der Waals surface area contributed by atoms with E-state index in [-0.39, 0.29) is 0 Å². The topological polar surface area (TPSA) is 24.5 Å². The smallest absolute Gasteiger partial charge is 0.0618 e. The Bertz CT molecular complexity index is 224. The van der Waals surface area contributed by atoms with Crippen LogP contribution < -0.4 is 5.32 Å². The van der Waals surface area contributed by atoms with Crippen LogP contribution in [0, 0.1) is 5.41 Å². The Balaban J connectivity index is 2.03. The second-order valence-corrected chi connectivity index (χ2v) is 5.83. The highest BCUT2D eigenvalue weighted by Crippen LogP contribution is 2.42. The summed E-state index contributed by atoms with van der Waals surface area (Å²) >= 11 is 0. The minimum Gasteiger partial charge on any atom is -0.383 e. The molecule has 0 bridgehead atoms. The third kappa shape index (κ3) is 2.41. The molecule has 2 rings (SSSR count). The second kappa shape index (κ2) is 5.03. The van der Waals surface area contributed by atoms with Gasteiger partial charge in [-0.25, -0.2) is 0 Å². The molecule has 0 aromatic rings. The summed E-state index contributed by atoms with van der Waals surface area (Å²) in [4.78, 5) is 2.65. The molecule has 1 atom stereocenters. The van der Waals surface area contributed by atoms with E-state index < -0.39 is 0 Å². The normalized spacial score (nSPS) is 30.4. The number of nitrogens with zero attached hydrogens (tertiary/aromatic N) is 1. The van der Waals surface area contributed by atoms with E-state index >= 15 is 0 Å². The first-order valence-corrected chi connectivity index (χ1v) is 6.62. The molecule has 0 saturated carbocycles. The van der Waals surface area contributed by atoms with Crippen LogP contribution in [0.15, 0.2) is 0 Å². The minimum absolute atomic E-state index is 0.582. The van der Waals surface area contributed by atoms with E-state index in [1.54, 1.807) is 0 Å². The van der Waals surface area contributed by atoms with Gasteiger partial charge in [-0.1, -0.05) is 0 Å². The molecule has 16 heavy (non-hydrogen) atoms. The van der Waals surface area contributed by atoms with Crippen molar-refractivity contribution in [2.45, 2.75) is 45.2 Å². The van der Waals surface area contributed by atoms with Crippen molar-refractivity contribution in [3.05, 3.63) is 0 Å². The highest BCUT2D eigenvalue weighted by molar-refractivity contribution is 4.98. The number of hydrogen-bond acceptors (Lipinski definition) is 3. The molecule has 2 aliphatic heterocycles. The molecule has 0 aromatic carbocycles. The van der Waals surface area contributed by atoms with Crippen molar-refractivity contribution in [3.63, 3.8) is 0 Å². The lowest BCUT2D eigenvalue weighted by Gasteiger charge is -2.34. The fourth-order valence-corrected chi connectivity index (χ4v) is 3.47. The Morgan fingerprint density at radius 1 is 1.38 bits per heavy atom. The lowest BCUT2D eigenvalue weighted by atomic mass is 9.77. The molecule has 0 aromatic heterocycles. The molecule has 2 saturated heterocycles. The summed E-state index contributed by atoms with van der Waals surface area (Å²) in [6.45, 7) is 9.19. The molecule has 0 amide bonds. The maximum absolute atomic E-state index is 5.38. The van der Waals surface area contributed by atoms with Gasteiger partial charge < -0.3 is 10.1 Å². The first-order chi connectivity index (χ1) is 7.67. The molecule has 3 heteroatoms. The van der Waals surface area contributed by atoms with Crippen LogP contribution in [0.2, 0.25) is 0 Å². The third-order valence-corrected chi connectivity index (χ3v) is 4.34. The standard InChI is InChI=1S/C13H26N2O/c1-11(2)15-10-13(4-6-14-7-5-13)8-12(15)9-16-3/h11-12,14H,4-10H2,1-3H3/t12-/m0/s1. The molecule has 0 radical (unpaired) electrons. The number of rotatable bonds is 3. The zero-order valence-electron chi connectivity index (χ0n) is 11.0. The summed E-state index contributed by atoms with van der Waals surface area (Å²) in [6.07, 6.45) is 4.02. The van der Waals surface area contributed by atoms with Crippen molar-refractivity contribution in [2.24, 2.45) is 5.41 Å². The Morgan fingerprint density at radius 3 is 2.62 bits per heavy atom. The fraction of sp³-hybridized carbons (Fsp3) is 1.00. The Morgan fingerprint density at radius 2 is 2.06 bits per heavy atom. The first kappa shape index (κ1) is 12.3. The Labute approximate surface area is 99.5 Å². The number of ether oxygens (including phenoxy) is 1. The number of methoxy groups -OCH3 is 1. The van der Waals surface area contributed by atoms with Gasteiger partial charge in [0, 0.05) is 25.7 Å². The van der Waals surface area contributed by atoms with Crippen LogP contribution in [0.1, 0.15) is 33.1 Å². The molecule has 0 aliphatic carbocycles. The minimum atomic E-state index is 0.582. The monoisotopic (exact) mass is 226 g/mol. The zero-order valence-corrected chi connectivity index (χ0v) is 11.0. The summed E-state index contributed by atoms with van der Waals surface area (Å²) in [6, 6.07) is 1.29. The van der Waals surface area contributed by atoms with Gasteiger partial charge in [0.2, 0.25) is 0 Å². The SMILES string of the molecule is COC[C@@H]1CC2(CCNCC2)CN1C(C)C. The number of likely N-dealkylation sites (tertiary alicyclic amines) is 1. The van der Waals surface area contributed by atoms with Crippen molar-refractivity contribution in [1.29, 1.82) is 0 Å². The number of hydrogen-bond donors (Lipinski definition) is 1. The van der Waals surface area contributed by atoms with E-state index in [9.17, 15) is 0 Å². The van der Waals surface area contributed by atoms with Gasteiger partial charge in [0.1, 0.15) is 0 Å². The predicted octanol–water partition coefficient (Wildman–Crippen LogP) is 1.49. The highest BCUT2D eigenvalue weighted by atomic mass is 16.5. The average Bonchev–Trinajstić information content (AvgIpc) is 2.59. The van der Waals surface area contributed by atoms with Crippen LogP contribution in [-0.4, -0.2) is 50.3 Å². The molecule has 0 unspecified atom stereocenters. The fourth-order valence-electron chi connectivity index (χ4n) is 3.47. The lowest BCUT2D eigenvalue weighted by molar-refractivity contribution is 0.0974. The number of piperidine rings is 1. The van der Waals surface area contributed by atoms with Gasteiger partial charge in [-0.3, -0.25) is 4.90 Å². The zero-order chi connectivity index (χ0) is 11.6. The van der Waals surface area contributed by atoms with Crippen molar-refractivity contribution in [1.82, 2.24) is 10.2 Å².